The van der Waals surface area contributed by atoms with Gasteiger partial charge >= 0.3 is 0 Å². The van der Waals surface area contributed by atoms with Crippen LogP contribution in [-0.4, -0.2) is 25.0 Å². The summed E-state index contributed by atoms with van der Waals surface area (Å²) in [6.07, 6.45) is 2.00. The summed E-state index contributed by atoms with van der Waals surface area (Å²) in [6, 6.07) is 6.73. The molecule has 1 saturated heterocycles. The van der Waals surface area contributed by atoms with Gasteiger partial charge in [-0.15, -0.1) is 0 Å². The van der Waals surface area contributed by atoms with E-state index in [2.05, 4.69) is 30.4 Å². The number of amides is 1. The SMILES string of the molecule is CCc1cccc2c1N1C(=O)CNCC1C2. The number of rotatable bonds is 1. The van der Waals surface area contributed by atoms with E-state index in [1.54, 1.807) is 0 Å². The Morgan fingerprint density at radius 1 is 1.50 bits per heavy atom. The number of piperazine rings is 1. The van der Waals surface area contributed by atoms with Gasteiger partial charge in [0.25, 0.3) is 0 Å². The molecule has 3 heteroatoms. The number of carbonyl (C=O) groups is 1. The molecular weight excluding hydrogens is 200 g/mol. The van der Waals surface area contributed by atoms with Crippen LogP contribution in [0.4, 0.5) is 5.69 Å². The van der Waals surface area contributed by atoms with Gasteiger partial charge < -0.3 is 10.2 Å². The molecule has 2 heterocycles. The van der Waals surface area contributed by atoms with Crippen molar-refractivity contribution in [3.8, 4) is 0 Å². The minimum Gasteiger partial charge on any atom is -0.306 e. The van der Waals surface area contributed by atoms with Crippen LogP contribution in [0.3, 0.4) is 0 Å². The van der Waals surface area contributed by atoms with Gasteiger partial charge in [-0.3, -0.25) is 4.79 Å². The van der Waals surface area contributed by atoms with Crippen LogP contribution in [0.15, 0.2) is 18.2 Å². The molecule has 0 aromatic heterocycles. The fraction of sp³-hybridized carbons (Fsp3) is 0.462. The smallest absolute Gasteiger partial charge is 0.241 e. The largest absolute Gasteiger partial charge is 0.306 e. The first-order valence-corrected chi connectivity index (χ1v) is 5.94. The van der Waals surface area contributed by atoms with Gasteiger partial charge in [-0.2, -0.15) is 0 Å². The maximum Gasteiger partial charge on any atom is 0.241 e. The molecule has 1 amide bonds. The highest BCUT2D eigenvalue weighted by molar-refractivity contribution is 5.99. The highest BCUT2D eigenvalue weighted by Crippen LogP contribution is 2.36. The fourth-order valence-electron chi connectivity index (χ4n) is 2.85. The zero-order chi connectivity index (χ0) is 11.1. The van der Waals surface area contributed by atoms with Gasteiger partial charge in [0, 0.05) is 6.54 Å². The highest BCUT2D eigenvalue weighted by atomic mass is 16.2. The number of benzene rings is 1. The van der Waals surface area contributed by atoms with Crippen molar-refractivity contribution in [2.75, 3.05) is 18.0 Å². The topological polar surface area (TPSA) is 32.3 Å². The fourth-order valence-corrected chi connectivity index (χ4v) is 2.85. The second-order valence-corrected chi connectivity index (χ2v) is 4.53. The molecular formula is C13H16N2O. The molecule has 1 unspecified atom stereocenters. The minimum absolute atomic E-state index is 0.218. The quantitative estimate of drug-likeness (QED) is 0.762. The highest BCUT2D eigenvalue weighted by Gasteiger charge is 2.37. The summed E-state index contributed by atoms with van der Waals surface area (Å²) < 4.78 is 0. The number of para-hydroxylation sites is 1. The zero-order valence-electron chi connectivity index (χ0n) is 9.49. The van der Waals surface area contributed by atoms with E-state index in [1.807, 2.05) is 4.90 Å². The number of hydrogen-bond donors (Lipinski definition) is 1. The molecule has 0 bridgehead atoms. The molecule has 3 rings (SSSR count). The number of aryl methyl sites for hydroxylation is 1. The van der Waals surface area contributed by atoms with Crippen molar-refractivity contribution in [2.24, 2.45) is 0 Å². The molecule has 2 aliphatic heterocycles. The normalized spacial score (nSPS) is 23.2. The molecule has 0 aliphatic carbocycles. The summed E-state index contributed by atoms with van der Waals surface area (Å²) in [4.78, 5) is 14.0. The summed E-state index contributed by atoms with van der Waals surface area (Å²) in [7, 11) is 0. The van der Waals surface area contributed by atoms with Crippen molar-refractivity contribution in [1.82, 2.24) is 5.32 Å². The van der Waals surface area contributed by atoms with Crippen molar-refractivity contribution in [2.45, 2.75) is 25.8 Å². The maximum atomic E-state index is 12.0. The molecule has 2 aliphatic rings. The van der Waals surface area contributed by atoms with Crippen LogP contribution in [0.1, 0.15) is 18.1 Å². The average Bonchev–Trinajstić information content (AvgIpc) is 2.68. The van der Waals surface area contributed by atoms with Crippen LogP contribution in [0, 0.1) is 0 Å². The van der Waals surface area contributed by atoms with Crippen LogP contribution in [0.2, 0.25) is 0 Å². The van der Waals surface area contributed by atoms with Gasteiger partial charge in [0.05, 0.1) is 18.3 Å². The van der Waals surface area contributed by atoms with Crippen molar-refractivity contribution >= 4 is 11.6 Å². The third-order valence-electron chi connectivity index (χ3n) is 3.57. The molecule has 84 valence electrons. The number of anilines is 1. The number of carbonyl (C=O) groups excluding carboxylic acids is 1. The first-order valence-electron chi connectivity index (χ1n) is 5.94. The van der Waals surface area contributed by atoms with Crippen molar-refractivity contribution in [3.63, 3.8) is 0 Å². The van der Waals surface area contributed by atoms with Gasteiger partial charge in [0.2, 0.25) is 5.91 Å². The van der Waals surface area contributed by atoms with Gasteiger partial charge in [-0.1, -0.05) is 25.1 Å². The predicted octanol–water partition coefficient (Wildman–Crippen LogP) is 1.11. The van der Waals surface area contributed by atoms with E-state index in [-0.39, 0.29) is 5.91 Å². The second-order valence-electron chi connectivity index (χ2n) is 4.53. The molecule has 1 atom stereocenters. The van der Waals surface area contributed by atoms with Crippen LogP contribution >= 0.6 is 0 Å². The second kappa shape index (κ2) is 3.59. The Labute approximate surface area is 95.4 Å². The van der Waals surface area contributed by atoms with Gasteiger partial charge in [-0.05, 0) is 24.0 Å². The molecule has 3 nitrogen and oxygen atoms in total. The number of nitrogens with zero attached hydrogens (tertiary/aromatic N) is 1. The van der Waals surface area contributed by atoms with Crippen molar-refractivity contribution in [3.05, 3.63) is 29.3 Å². The van der Waals surface area contributed by atoms with E-state index in [9.17, 15) is 4.79 Å². The van der Waals surface area contributed by atoms with E-state index < -0.39 is 0 Å². The lowest BCUT2D eigenvalue weighted by Gasteiger charge is -2.31. The lowest BCUT2D eigenvalue weighted by atomic mass is 10.0. The lowest BCUT2D eigenvalue weighted by molar-refractivity contribution is -0.119. The van der Waals surface area contributed by atoms with Gasteiger partial charge in [0.1, 0.15) is 0 Å². The van der Waals surface area contributed by atoms with Crippen LogP contribution in [-0.2, 0) is 17.6 Å². The molecule has 0 radical (unpaired) electrons. The van der Waals surface area contributed by atoms with Crippen LogP contribution in [0.5, 0.6) is 0 Å². The molecule has 1 N–H and O–H groups in total. The third-order valence-corrected chi connectivity index (χ3v) is 3.57. The molecule has 16 heavy (non-hydrogen) atoms. The minimum atomic E-state index is 0.218. The standard InChI is InChI=1S/C13H16N2O/c1-2-9-4-3-5-10-6-11-7-14-8-12(16)15(11)13(9)10/h3-5,11,14H,2,6-8H2,1H3. The Bertz CT molecular complexity index is 442. The van der Waals surface area contributed by atoms with E-state index in [0.717, 1.165) is 19.4 Å². The van der Waals surface area contributed by atoms with Crippen LogP contribution in [0.25, 0.3) is 0 Å². The summed E-state index contributed by atoms with van der Waals surface area (Å²) in [5.74, 6) is 0.218. The number of hydrogen-bond acceptors (Lipinski definition) is 2. The van der Waals surface area contributed by atoms with Gasteiger partial charge in [-0.25, -0.2) is 0 Å². The summed E-state index contributed by atoms with van der Waals surface area (Å²) >= 11 is 0. The van der Waals surface area contributed by atoms with E-state index >= 15 is 0 Å². The van der Waals surface area contributed by atoms with Crippen molar-refractivity contribution < 1.29 is 4.79 Å². The molecule has 1 fully saturated rings. The molecule has 1 aromatic rings. The third kappa shape index (κ3) is 1.28. The van der Waals surface area contributed by atoms with Crippen molar-refractivity contribution in [1.29, 1.82) is 0 Å². The van der Waals surface area contributed by atoms with E-state index in [1.165, 1.54) is 16.8 Å². The Kier molecular flexibility index (Phi) is 2.21. The predicted molar refractivity (Wildman–Crippen MR) is 63.7 cm³/mol. The molecule has 0 saturated carbocycles. The van der Waals surface area contributed by atoms with E-state index in [0.29, 0.717) is 12.6 Å². The Morgan fingerprint density at radius 2 is 2.38 bits per heavy atom. The molecule has 1 aromatic carbocycles. The van der Waals surface area contributed by atoms with Crippen LogP contribution < -0.4 is 10.2 Å². The summed E-state index contributed by atoms with van der Waals surface area (Å²) in [5, 5.41) is 3.19. The first-order chi connectivity index (χ1) is 7.81. The number of nitrogens with one attached hydrogen (secondary N) is 1. The number of fused-ring (bicyclic) bond motifs is 3. The Hall–Kier alpha value is -1.35. The lowest BCUT2D eigenvalue weighted by Crippen LogP contribution is -2.53. The monoisotopic (exact) mass is 216 g/mol. The zero-order valence-corrected chi connectivity index (χ0v) is 9.49. The Balaban J connectivity index is 2.11. The first kappa shape index (κ1) is 9.85. The molecule has 0 spiro atoms. The average molecular weight is 216 g/mol. The summed E-state index contributed by atoms with van der Waals surface area (Å²) in [6.45, 7) is 3.55. The maximum absolute atomic E-state index is 12.0. The van der Waals surface area contributed by atoms with Gasteiger partial charge in [0.15, 0.2) is 0 Å². The summed E-state index contributed by atoms with van der Waals surface area (Å²) in [5.41, 5.74) is 3.83. The Morgan fingerprint density at radius 3 is 3.19 bits per heavy atom. The van der Waals surface area contributed by atoms with E-state index in [4.69, 9.17) is 0 Å².